The first kappa shape index (κ1) is 20.4. The minimum Gasteiger partial charge on any atom is -0.383 e. The highest BCUT2D eigenvalue weighted by Gasteiger charge is 2.26. The molecule has 2 aromatic rings. The number of methoxy groups -OCH3 is 1. The number of hydrogen-bond donors (Lipinski definition) is 1. The van der Waals surface area contributed by atoms with Crippen molar-refractivity contribution in [3.63, 3.8) is 0 Å². The van der Waals surface area contributed by atoms with Gasteiger partial charge in [0.25, 0.3) is 5.91 Å². The molecule has 1 fully saturated rings. The van der Waals surface area contributed by atoms with Gasteiger partial charge in [-0.3, -0.25) is 4.79 Å². The number of carbonyl (C=O) groups excluding carboxylic acids is 1. The zero-order valence-corrected chi connectivity index (χ0v) is 17.4. The summed E-state index contributed by atoms with van der Waals surface area (Å²) in [4.78, 5) is 15.4. The van der Waals surface area contributed by atoms with E-state index in [2.05, 4.69) is 53.8 Å². The molecular formula is C22H31N3O3. The summed E-state index contributed by atoms with van der Waals surface area (Å²) >= 11 is 0. The third-order valence-electron chi connectivity index (χ3n) is 5.45. The smallest absolute Gasteiger partial charge is 0.268 e. The number of aromatic nitrogens is 1. The SMILES string of the molecule is COCCNC(=O)c1c(C)c(N2CCOCC2)c(C)n1Cc1ccccc1C. The molecule has 6 nitrogen and oxygen atoms in total. The molecule has 3 rings (SSSR count). The Balaban J connectivity index is 2.01. The van der Waals surface area contributed by atoms with Gasteiger partial charge < -0.3 is 24.3 Å². The predicted octanol–water partition coefficient (Wildman–Crippen LogP) is 2.67. The van der Waals surface area contributed by atoms with Gasteiger partial charge in [0.1, 0.15) is 5.69 Å². The van der Waals surface area contributed by atoms with Crippen LogP contribution in [-0.2, 0) is 16.0 Å². The maximum atomic E-state index is 13.1. The zero-order chi connectivity index (χ0) is 20.1. The number of rotatable bonds is 7. The van der Waals surface area contributed by atoms with Crippen molar-refractivity contribution in [2.24, 2.45) is 0 Å². The Labute approximate surface area is 167 Å². The van der Waals surface area contributed by atoms with E-state index in [1.165, 1.54) is 11.1 Å². The molecule has 1 N–H and O–H groups in total. The van der Waals surface area contributed by atoms with Crippen molar-refractivity contribution in [3.8, 4) is 0 Å². The van der Waals surface area contributed by atoms with E-state index in [-0.39, 0.29) is 5.91 Å². The Bertz CT molecular complexity index is 823. The summed E-state index contributed by atoms with van der Waals surface area (Å²) in [5.41, 5.74) is 6.50. The van der Waals surface area contributed by atoms with Crippen molar-refractivity contribution in [1.29, 1.82) is 0 Å². The standard InChI is InChI=1S/C22H31N3O3/c1-16-7-5-6-8-19(16)15-25-18(3)20(24-10-13-28-14-11-24)17(2)21(25)22(26)23-9-12-27-4/h5-8H,9-15H2,1-4H3,(H,23,26). The first-order valence-corrected chi connectivity index (χ1v) is 9.88. The molecule has 1 saturated heterocycles. The van der Waals surface area contributed by atoms with Crippen LogP contribution in [0.25, 0.3) is 0 Å². The van der Waals surface area contributed by atoms with Crippen molar-refractivity contribution in [1.82, 2.24) is 9.88 Å². The molecule has 152 valence electrons. The number of amides is 1. The molecule has 0 spiro atoms. The molecule has 1 aliphatic rings. The fourth-order valence-electron chi connectivity index (χ4n) is 3.93. The summed E-state index contributed by atoms with van der Waals surface area (Å²) in [6.07, 6.45) is 0. The normalized spacial score (nSPS) is 14.4. The molecule has 1 amide bonds. The van der Waals surface area contributed by atoms with E-state index in [0.717, 1.165) is 48.9 Å². The summed E-state index contributed by atoms with van der Waals surface area (Å²) in [6.45, 7) is 11.1. The maximum Gasteiger partial charge on any atom is 0.268 e. The van der Waals surface area contributed by atoms with Crippen molar-refractivity contribution in [2.75, 3.05) is 51.5 Å². The van der Waals surface area contributed by atoms with Gasteiger partial charge >= 0.3 is 0 Å². The van der Waals surface area contributed by atoms with Crippen molar-refractivity contribution < 1.29 is 14.3 Å². The van der Waals surface area contributed by atoms with Crippen LogP contribution >= 0.6 is 0 Å². The number of aryl methyl sites for hydroxylation is 1. The van der Waals surface area contributed by atoms with Crippen LogP contribution in [0.15, 0.2) is 24.3 Å². The Morgan fingerprint density at radius 1 is 1.18 bits per heavy atom. The summed E-state index contributed by atoms with van der Waals surface area (Å²) < 4.78 is 12.8. The Kier molecular flexibility index (Phi) is 6.75. The summed E-state index contributed by atoms with van der Waals surface area (Å²) in [5.74, 6) is -0.0502. The minimum absolute atomic E-state index is 0.0502. The van der Waals surface area contributed by atoms with E-state index in [1.54, 1.807) is 7.11 Å². The van der Waals surface area contributed by atoms with Gasteiger partial charge in [0.2, 0.25) is 0 Å². The average Bonchev–Trinajstić information content (AvgIpc) is 2.94. The number of benzene rings is 1. The third kappa shape index (κ3) is 4.23. The van der Waals surface area contributed by atoms with E-state index in [0.29, 0.717) is 19.7 Å². The lowest BCUT2D eigenvalue weighted by Gasteiger charge is -2.29. The van der Waals surface area contributed by atoms with Crippen LogP contribution in [0.2, 0.25) is 0 Å². The highest BCUT2D eigenvalue weighted by Crippen LogP contribution is 2.32. The van der Waals surface area contributed by atoms with Crippen LogP contribution in [0.1, 0.15) is 32.9 Å². The van der Waals surface area contributed by atoms with Crippen LogP contribution in [0.5, 0.6) is 0 Å². The first-order chi connectivity index (χ1) is 13.5. The summed E-state index contributed by atoms with van der Waals surface area (Å²) in [5, 5.41) is 3.00. The van der Waals surface area contributed by atoms with E-state index >= 15 is 0 Å². The van der Waals surface area contributed by atoms with Gasteiger partial charge in [-0.2, -0.15) is 0 Å². The molecule has 1 aliphatic heterocycles. The third-order valence-corrected chi connectivity index (χ3v) is 5.45. The van der Waals surface area contributed by atoms with Gasteiger partial charge in [-0.05, 0) is 31.9 Å². The second-order valence-electron chi connectivity index (χ2n) is 7.27. The van der Waals surface area contributed by atoms with Crippen molar-refractivity contribution in [3.05, 3.63) is 52.3 Å². The second-order valence-corrected chi connectivity index (χ2v) is 7.27. The Hall–Kier alpha value is -2.31. The van der Waals surface area contributed by atoms with Crippen molar-refractivity contribution >= 4 is 11.6 Å². The van der Waals surface area contributed by atoms with Crippen LogP contribution in [-0.4, -0.2) is 57.0 Å². The van der Waals surface area contributed by atoms with Gasteiger partial charge in [-0.1, -0.05) is 24.3 Å². The topological polar surface area (TPSA) is 55.7 Å². The van der Waals surface area contributed by atoms with Crippen LogP contribution in [0.3, 0.4) is 0 Å². The molecule has 6 heteroatoms. The largest absolute Gasteiger partial charge is 0.383 e. The molecule has 1 aromatic heterocycles. The quantitative estimate of drug-likeness (QED) is 0.745. The minimum atomic E-state index is -0.0502. The number of hydrogen-bond acceptors (Lipinski definition) is 4. The second kappa shape index (κ2) is 9.26. The first-order valence-electron chi connectivity index (χ1n) is 9.88. The fraction of sp³-hybridized carbons (Fsp3) is 0.500. The molecule has 0 atom stereocenters. The molecule has 0 unspecified atom stereocenters. The van der Waals surface area contributed by atoms with Gasteiger partial charge in [-0.15, -0.1) is 0 Å². The van der Waals surface area contributed by atoms with Crippen molar-refractivity contribution in [2.45, 2.75) is 27.3 Å². The molecule has 2 heterocycles. The predicted molar refractivity (Wildman–Crippen MR) is 111 cm³/mol. The lowest BCUT2D eigenvalue weighted by molar-refractivity contribution is 0.0927. The molecule has 1 aromatic carbocycles. The van der Waals surface area contributed by atoms with E-state index in [4.69, 9.17) is 9.47 Å². The summed E-state index contributed by atoms with van der Waals surface area (Å²) in [7, 11) is 1.64. The van der Waals surface area contributed by atoms with E-state index < -0.39 is 0 Å². The molecular weight excluding hydrogens is 354 g/mol. The van der Waals surface area contributed by atoms with Gasteiger partial charge in [0.05, 0.1) is 25.5 Å². The molecule has 0 saturated carbocycles. The molecule has 28 heavy (non-hydrogen) atoms. The van der Waals surface area contributed by atoms with Gasteiger partial charge in [0, 0.05) is 44.5 Å². The number of nitrogens with one attached hydrogen (secondary N) is 1. The van der Waals surface area contributed by atoms with Crippen LogP contribution in [0, 0.1) is 20.8 Å². The number of morpholine rings is 1. The zero-order valence-electron chi connectivity index (χ0n) is 17.4. The highest BCUT2D eigenvalue weighted by molar-refractivity contribution is 5.96. The van der Waals surface area contributed by atoms with Crippen LogP contribution in [0.4, 0.5) is 5.69 Å². The summed E-state index contributed by atoms with van der Waals surface area (Å²) in [6, 6.07) is 8.34. The van der Waals surface area contributed by atoms with Gasteiger partial charge in [-0.25, -0.2) is 0 Å². The maximum absolute atomic E-state index is 13.1. The number of nitrogens with zero attached hydrogens (tertiary/aromatic N) is 2. The monoisotopic (exact) mass is 385 g/mol. The fourth-order valence-corrected chi connectivity index (χ4v) is 3.93. The lowest BCUT2D eigenvalue weighted by Crippen LogP contribution is -2.36. The average molecular weight is 386 g/mol. The Morgan fingerprint density at radius 2 is 1.89 bits per heavy atom. The van der Waals surface area contributed by atoms with E-state index in [1.807, 2.05) is 6.07 Å². The molecule has 0 bridgehead atoms. The van der Waals surface area contributed by atoms with Gasteiger partial charge in [0.15, 0.2) is 0 Å². The Morgan fingerprint density at radius 3 is 2.57 bits per heavy atom. The molecule has 0 radical (unpaired) electrons. The number of carbonyl (C=O) groups is 1. The lowest BCUT2D eigenvalue weighted by atomic mass is 10.1. The highest BCUT2D eigenvalue weighted by atomic mass is 16.5. The van der Waals surface area contributed by atoms with E-state index in [9.17, 15) is 4.79 Å². The number of anilines is 1. The van der Waals surface area contributed by atoms with Crippen LogP contribution < -0.4 is 10.2 Å². The molecule has 0 aliphatic carbocycles. The number of ether oxygens (including phenoxy) is 2.